The first kappa shape index (κ1) is 22.6. The van der Waals surface area contributed by atoms with E-state index in [9.17, 15) is 57.1 Å². The molecule has 1 unspecified atom stereocenters. The van der Waals surface area contributed by atoms with Crippen LogP contribution in [0.1, 0.15) is 0 Å². The monoisotopic (exact) mass is 418 g/mol. The van der Waals surface area contributed by atoms with E-state index in [0.717, 1.165) is 0 Å². The highest BCUT2D eigenvalue weighted by Gasteiger charge is 2.78. The molecule has 0 fully saturated rings. The van der Waals surface area contributed by atoms with Crippen LogP contribution < -0.4 is 0 Å². The number of halogens is 13. The number of allylic oxidation sites excluding steroid dienone is 1. The summed E-state index contributed by atoms with van der Waals surface area (Å²) in [5.41, 5.74) is 0. The molecule has 0 radical (unpaired) electrons. The topological polar surface area (TPSA) is 18.5 Å². The summed E-state index contributed by atoms with van der Waals surface area (Å²) >= 11 is 0. The molecule has 0 bridgehead atoms. The largest absolute Gasteiger partial charge is 0.485 e. The van der Waals surface area contributed by atoms with Crippen molar-refractivity contribution in [3.63, 3.8) is 0 Å². The van der Waals surface area contributed by atoms with Gasteiger partial charge in [0.2, 0.25) is 0 Å². The van der Waals surface area contributed by atoms with Crippen molar-refractivity contribution >= 4 is 0 Å². The molecule has 0 aliphatic heterocycles. The minimum absolute atomic E-state index is 1.16. The van der Waals surface area contributed by atoms with Crippen LogP contribution in [-0.4, -0.2) is 55.6 Å². The van der Waals surface area contributed by atoms with E-state index in [0.29, 0.717) is 0 Å². The zero-order valence-corrected chi connectivity index (χ0v) is 11.9. The molecule has 0 amide bonds. The van der Waals surface area contributed by atoms with Crippen LogP contribution in [0.25, 0.3) is 0 Å². The van der Waals surface area contributed by atoms with Crippen LogP contribution in [0.15, 0.2) is 11.8 Å². The molecule has 1 rings (SSSR count). The average molecular weight is 418 g/mol. The maximum atomic E-state index is 14.2. The van der Waals surface area contributed by atoms with Crippen molar-refractivity contribution in [2.24, 2.45) is 0 Å². The van der Waals surface area contributed by atoms with E-state index >= 15 is 0 Å². The summed E-state index contributed by atoms with van der Waals surface area (Å²) in [6.45, 7) is -5.48. The third-order valence-electron chi connectivity index (χ3n) is 2.97. The Hall–Kier alpha value is -1.41. The molecular formula is C11H7F13O2. The van der Waals surface area contributed by atoms with Gasteiger partial charge in [0.25, 0.3) is 0 Å². The summed E-state index contributed by atoms with van der Waals surface area (Å²) in [7, 11) is 0. The number of ether oxygens (including phenoxy) is 2. The molecule has 0 saturated carbocycles. The van der Waals surface area contributed by atoms with Gasteiger partial charge in [-0.2, -0.15) is 39.5 Å². The molecule has 0 aromatic carbocycles. The van der Waals surface area contributed by atoms with Gasteiger partial charge in [-0.1, -0.05) is 0 Å². The molecule has 0 saturated heterocycles. The van der Waals surface area contributed by atoms with Crippen molar-refractivity contribution in [3.8, 4) is 0 Å². The minimum Gasteiger partial charge on any atom is -0.485 e. The standard InChI is InChI=1S/C11H7F13O2/c12-5(13)7(16,17)2-25-4-1-9(20,21)11(23,24)10(4,22)26-3-8(18,19)6(14)15/h1,5-6H,2-3H2. The molecule has 1 aliphatic rings. The first-order chi connectivity index (χ1) is 11.4. The van der Waals surface area contributed by atoms with Crippen molar-refractivity contribution in [2.45, 2.75) is 42.4 Å². The van der Waals surface area contributed by atoms with Crippen LogP contribution in [-0.2, 0) is 9.47 Å². The smallest absolute Gasteiger partial charge is 0.378 e. The molecule has 154 valence electrons. The summed E-state index contributed by atoms with van der Waals surface area (Å²) in [6, 6.07) is 0. The number of alkyl halides is 13. The Morgan fingerprint density at radius 2 is 1.23 bits per heavy atom. The van der Waals surface area contributed by atoms with Crippen LogP contribution in [0.4, 0.5) is 57.1 Å². The Morgan fingerprint density at radius 3 is 1.65 bits per heavy atom. The van der Waals surface area contributed by atoms with Gasteiger partial charge in [-0.15, -0.1) is 0 Å². The molecule has 0 N–H and O–H groups in total. The maximum absolute atomic E-state index is 14.2. The average Bonchev–Trinajstić information content (AvgIpc) is 2.60. The van der Waals surface area contributed by atoms with Gasteiger partial charge in [-0.05, 0) is 0 Å². The summed E-state index contributed by atoms with van der Waals surface area (Å²) in [5, 5.41) is 0. The lowest BCUT2D eigenvalue weighted by atomic mass is 10.1. The zero-order chi connectivity index (χ0) is 20.8. The third-order valence-corrected chi connectivity index (χ3v) is 2.97. The van der Waals surface area contributed by atoms with Gasteiger partial charge in [-0.25, -0.2) is 17.6 Å². The van der Waals surface area contributed by atoms with E-state index in [1.54, 1.807) is 0 Å². The Kier molecular flexibility index (Phi) is 5.78. The quantitative estimate of drug-likeness (QED) is 0.535. The van der Waals surface area contributed by atoms with Crippen LogP contribution in [0.5, 0.6) is 0 Å². The van der Waals surface area contributed by atoms with E-state index in [-0.39, 0.29) is 0 Å². The van der Waals surface area contributed by atoms with Crippen molar-refractivity contribution in [2.75, 3.05) is 13.2 Å². The van der Waals surface area contributed by atoms with Crippen molar-refractivity contribution < 1.29 is 66.5 Å². The Morgan fingerprint density at radius 1 is 0.808 bits per heavy atom. The Labute approximate surface area is 135 Å². The van der Waals surface area contributed by atoms with Crippen LogP contribution >= 0.6 is 0 Å². The second-order valence-electron chi connectivity index (χ2n) is 5.00. The predicted molar refractivity (Wildman–Crippen MR) is 55.6 cm³/mol. The number of hydrogen-bond donors (Lipinski definition) is 0. The molecule has 0 heterocycles. The van der Waals surface area contributed by atoms with Crippen LogP contribution in [0.3, 0.4) is 0 Å². The molecule has 0 aromatic rings. The molecule has 1 atom stereocenters. The molecule has 26 heavy (non-hydrogen) atoms. The van der Waals surface area contributed by atoms with Gasteiger partial charge in [0.1, 0.15) is 6.61 Å². The molecule has 0 aromatic heterocycles. The van der Waals surface area contributed by atoms with Crippen molar-refractivity contribution in [1.29, 1.82) is 0 Å². The number of rotatable bonds is 8. The van der Waals surface area contributed by atoms with E-state index in [1.807, 2.05) is 0 Å². The normalized spacial score (nSPS) is 25.7. The Bertz CT molecular complexity index is 544. The van der Waals surface area contributed by atoms with E-state index < -0.39 is 67.4 Å². The van der Waals surface area contributed by atoms with Crippen LogP contribution in [0, 0.1) is 0 Å². The van der Waals surface area contributed by atoms with Gasteiger partial charge in [0.05, 0.1) is 0 Å². The van der Waals surface area contributed by atoms with Gasteiger partial charge in [0.15, 0.2) is 12.4 Å². The molecular weight excluding hydrogens is 411 g/mol. The summed E-state index contributed by atoms with van der Waals surface area (Å²) < 4.78 is 172. The second-order valence-corrected chi connectivity index (χ2v) is 5.00. The summed E-state index contributed by atoms with van der Waals surface area (Å²) in [4.78, 5) is 0. The van der Waals surface area contributed by atoms with Gasteiger partial charge in [-0.3, -0.25) is 0 Å². The highest BCUT2D eigenvalue weighted by atomic mass is 19.3. The summed E-state index contributed by atoms with van der Waals surface area (Å²) in [6.07, 6.45) is -10.2. The predicted octanol–water partition coefficient (Wildman–Crippen LogP) is 4.65. The van der Waals surface area contributed by atoms with Crippen molar-refractivity contribution in [3.05, 3.63) is 11.8 Å². The van der Waals surface area contributed by atoms with Gasteiger partial charge >= 0.3 is 42.4 Å². The second kappa shape index (κ2) is 6.64. The first-order valence-corrected chi connectivity index (χ1v) is 6.17. The van der Waals surface area contributed by atoms with E-state index in [4.69, 9.17) is 0 Å². The number of hydrogen-bond acceptors (Lipinski definition) is 2. The lowest BCUT2D eigenvalue weighted by molar-refractivity contribution is -0.331. The first-order valence-electron chi connectivity index (χ1n) is 6.17. The van der Waals surface area contributed by atoms with Gasteiger partial charge in [0, 0.05) is 6.08 Å². The SMILES string of the molecule is FC(F)C(F)(F)COC1=CC(F)(F)C(F)(F)C1(F)OCC(F)(F)C(F)F. The lowest BCUT2D eigenvalue weighted by Gasteiger charge is -2.32. The fourth-order valence-electron chi connectivity index (χ4n) is 1.51. The summed E-state index contributed by atoms with van der Waals surface area (Å²) in [5.74, 6) is -30.0. The highest BCUT2D eigenvalue weighted by Crippen LogP contribution is 2.56. The highest BCUT2D eigenvalue weighted by molar-refractivity contribution is 5.29. The van der Waals surface area contributed by atoms with E-state index in [1.165, 1.54) is 0 Å². The molecule has 0 spiro atoms. The molecule has 2 nitrogen and oxygen atoms in total. The third kappa shape index (κ3) is 3.81. The lowest BCUT2D eigenvalue weighted by Crippen LogP contribution is -2.55. The van der Waals surface area contributed by atoms with Gasteiger partial charge < -0.3 is 9.47 Å². The van der Waals surface area contributed by atoms with Crippen molar-refractivity contribution in [1.82, 2.24) is 0 Å². The Balaban J connectivity index is 3.12. The zero-order valence-electron chi connectivity index (χ0n) is 11.9. The van der Waals surface area contributed by atoms with Crippen LogP contribution in [0.2, 0.25) is 0 Å². The fraction of sp³-hybridized carbons (Fsp3) is 0.818. The molecule has 15 heteroatoms. The minimum atomic E-state index is -6.06. The maximum Gasteiger partial charge on any atom is 0.378 e. The molecule has 1 aliphatic carbocycles. The van der Waals surface area contributed by atoms with E-state index in [2.05, 4.69) is 9.47 Å². The fourth-order valence-corrected chi connectivity index (χ4v) is 1.51.